The maximum absolute atomic E-state index is 6.83. The number of ether oxygens (including phenoxy) is 1. The van der Waals surface area contributed by atoms with Crippen molar-refractivity contribution in [3.63, 3.8) is 0 Å². The van der Waals surface area contributed by atoms with Crippen molar-refractivity contribution in [2.24, 2.45) is 0 Å². The molecule has 3 aromatic heterocycles. The summed E-state index contributed by atoms with van der Waals surface area (Å²) in [6.45, 7) is 2.16. The molecule has 296 valence electrons. The van der Waals surface area contributed by atoms with Gasteiger partial charge in [0.1, 0.15) is 11.5 Å². The molecule has 4 heterocycles. The van der Waals surface area contributed by atoms with Crippen molar-refractivity contribution >= 4 is 0 Å². The van der Waals surface area contributed by atoms with E-state index in [1.165, 1.54) is 22.3 Å². The van der Waals surface area contributed by atoms with Gasteiger partial charge in [-0.3, -0.25) is 9.97 Å². The smallest absolute Gasteiger partial charge is 0.160 e. The standard InChI is InChI=1S/C58H38N4O/c1-37-31-52(38-15-5-2-6-16-38)60-36-46(37)43-29-30-59-35-47(43)41-25-27-49-45(32-41)44-21-11-12-22-48(44)58(49)50-23-13-14-24-55(50)63-56-28-26-42(33-51(56)58)54-34-53(39-17-7-3-8-18-39)61-57(62-54)40-19-9-4-10-20-40/h2-36H,1H3. The summed E-state index contributed by atoms with van der Waals surface area (Å²) in [4.78, 5) is 19.9. The van der Waals surface area contributed by atoms with Crippen molar-refractivity contribution in [2.75, 3.05) is 0 Å². The van der Waals surface area contributed by atoms with Crippen LogP contribution in [0.4, 0.5) is 0 Å². The number of hydrogen-bond acceptors (Lipinski definition) is 5. The number of aryl methyl sites for hydroxylation is 1. The van der Waals surface area contributed by atoms with E-state index in [2.05, 4.69) is 164 Å². The number of hydrogen-bond donors (Lipinski definition) is 0. The van der Waals surface area contributed by atoms with Crippen molar-refractivity contribution in [2.45, 2.75) is 12.3 Å². The molecular weight excluding hydrogens is 769 g/mol. The molecule has 0 fully saturated rings. The van der Waals surface area contributed by atoms with Gasteiger partial charge in [0.15, 0.2) is 5.82 Å². The van der Waals surface area contributed by atoms with Gasteiger partial charge in [-0.25, -0.2) is 9.97 Å². The largest absolute Gasteiger partial charge is 0.457 e. The maximum Gasteiger partial charge on any atom is 0.160 e. The zero-order valence-electron chi connectivity index (χ0n) is 34.4. The van der Waals surface area contributed by atoms with E-state index in [-0.39, 0.29) is 0 Å². The summed E-state index contributed by atoms with van der Waals surface area (Å²) in [5, 5.41) is 0. The van der Waals surface area contributed by atoms with Gasteiger partial charge >= 0.3 is 0 Å². The molecule has 1 atom stereocenters. The van der Waals surface area contributed by atoms with E-state index in [4.69, 9.17) is 19.7 Å². The van der Waals surface area contributed by atoms with Crippen LogP contribution in [0.1, 0.15) is 27.8 Å². The Bertz CT molecular complexity index is 3330. The third-order valence-electron chi connectivity index (χ3n) is 12.7. The van der Waals surface area contributed by atoms with Crippen LogP contribution in [0.2, 0.25) is 0 Å². The lowest BCUT2D eigenvalue weighted by Crippen LogP contribution is -2.32. The lowest BCUT2D eigenvalue weighted by atomic mass is 9.65. The molecule has 0 N–H and O–H groups in total. The highest BCUT2D eigenvalue weighted by atomic mass is 16.5. The fourth-order valence-electron chi connectivity index (χ4n) is 9.76. The van der Waals surface area contributed by atoms with Crippen LogP contribution in [0.3, 0.4) is 0 Å². The van der Waals surface area contributed by atoms with Gasteiger partial charge in [0.2, 0.25) is 0 Å². The number of fused-ring (bicyclic) bond motifs is 9. The normalized spacial score (nSPS) is 14.3. The van der Waals surface area contributed by atoms with Gasteiger partial charge in [0.05, 0.1) is 22.5 Å². The van der Waals surface area contributed by atoms with Crippen LogP contribution in [0, 0.1) is 6.92 Å². The number of nitrogens with zero attached hydrogens (tertiary/aromatic N) is 4. The Labute approximate surface area is 366 Å². The Morgan fingerprint density at radius 1 is 0.381 bits per heavy atom. The summed E-state index contributed by atoms with van der Waals surface area (Å²) >= 11 is 0. The monoisotopic (exact) mass is 806 g/mol. The second kappa shape index (κ2) is 14.7. The molecule has 0 radical (unpaired) electrons. The summed E-state index contributed by atoms with van der Waals surface area (Å²) in [5.41, 5.74) is 18.5. The van der Waals surface area contributed by atoms with E-state index >= 15 is 0 Å². The molecule has 1 aliphatic carbocycles. The van der Waals surface area contributed by atoms with E-state index in [1.807, 2.05) is 61.1 Å². The van der Waals surface area contributed by atoms with Crippen LogP contribution < -0.4 is 4.74 Å². The highest BCUT2D eigenvalue weighted by Crippen LogP contribution is 2.62. The average Bonchev–Trinajstić information content (AvgIpc) is 3.64. The van der Waals surface area contributed by atoms with Crippen LogP contribution >= 0.6 is 0 Å². The molecule has 0 bridgehead atoms. The van der Waals surface area contributed by atoms with E-state index in [0.29, 0.717) is 5.82 Å². The van der Waals surface area contributed by atoms with Gasteiger partial charge in [-0.15, -0.1) is 0 Å². The molecule has 5 heteroatoms. The molecular formula is C58H38N4O. The average molecular weight is 807 g/mol. The summed E-state index contributed by atoms with van der Waals surface area (Å²) in [5.74, 6) is 2.35. The number of benzene rings is 7. The molecule has 12 rings (SSSR count). The van der Waals surface area contributed by atoms with Crippen molar-refractivity contribution in [1.29, 1.82) is 0 Å². The Morgan fingerprint density at radius 3 is 1.76 bits per heavy atom. The van der Waals surface area contributed by atoms with Gasteiger partial charge < -0.3 is 4.74 Å². The van der Waals surface area contributed by atoms with Crippen molar-refractivity contribution < 1.29 is 4.74 Å². The lowest BCUT2D eigenvalue weighted by molar-refractivity contribution is 0.436. The number of rotatable bonds is 6. The molecule has 0 amide bonds. The molecule has 1 unspecified atom stereocenters. The molecule has 10 aromatic rings. The SMILES string of the molecule is Cc1cc(-c2ccccc2)ncc1-c1ccncc1-c1ccc2c(c1)-c1ccccc1C21c2ccccc2Oc2ccc(-c3cc(-c4ccccc4)nc(-c4ccccc4)n3)cc21. The summed E-state index contributed by atoms with van der Waals surface area (Å²) < 4.78 is 6.83. The second-order valence-corrected chi connectivity index (χ2v) is 16.2. The fourth-order valence-corrected chi connectivity index (χ4v) is 9.76. The molecule has 1 spiro atoms. The predicted octanol–water partition coefficient (Wildman–Crippen LogP) is 14.0. The number of aromatic nitrogens is 4. The van der Waals surface area contributed by atoms with Crippen molar-refractivity contribution in [3.05, 3.63) is 241 Å². The van der Waals surface area contributed by atoms with Crippen LogP contribution in [-0.2, 0) is 5.41 Å². The van der Waals surface area contributed by atoms with E-state index < -0.39 is 5.41 Å². The summed E-state index contributed by atoms with van der Waals surface area (Å²) in [7, 11) is 0. The van der Waals surface area contributed by atoms with E-state index in [0.717, 1.165) is 89.8 Å². The molecule has 5 nitrogen and oxygen atoms in total. The zero-order chi connectivity index (χ0) is 41.9. The minimum atomic E-state index is -0.673. The molecule has 7 aromatic carbocycles. The van der Waals surface area contributed by atoms with Crippen LogP contribution in [0.5, 0.6) is 11.5 Å². The first-order valence-electron chi connectivity index (χ1n) is 21.3. The lowest BCUT2D eigenvalue weighted by Gasteiger charge is -2.39. The van der Waals surface area contributed by atoms with Crippen LogP contribution in [0.25, 0.3) is 78.5 Å². The van der Waals surface area contributed by atoms with Crippen molar-refractivity contribution in [1.82, 2.24) is 19.9 Å². The molecule has 1 aliphatic heterocycles. The quantitative estimate of drug-likeness (QED) is 0.167. The predicted molar refractivity (Wildman–Crippen MR) is 252 cm³/mol. The van der Waals surface area contributed by atoms with Gasteiger partial charge in [-0.05, 0) is 94.4 Å². The first kappa shape index (κ1) is 36.6. The minimum Gasteiger partial charge on any atom is -0.457 e. The Balaban J connectivity index is 1.04. The maximum atomic E-state index is 6.83. The molecule has 0 saturated heterocycles. The minimum absolute atomic E-state index is 0.673. The Kier molecular flexibility index (Phi) is 8.54. The zero-order valence-corrected chi connectivity index (χ0v) is 34.4. The first-order valence-corrected chi connectivity index (χ1v) is 21.3. The summed E-state index contributed by atoms with van der Waals surface area (Å²) in [6, 6.07) is 68.1. The Hall–Kier alpha value is -8.28. The van der Waals surface area contributed by atoms with Gasteiger partial charge in [0, 0.05) is 63.1 Å². The van der Waals surface area contributed by atoms with Crippen molar-refractivity contribution in [3.8, 4) is 90.0 Å². The second-order valence-electron chi connectivity index (χ2n) is 16.2. The Morgan fingerprint density at radius 2 is 1.00 bits per heavy atom. The highest BCUT2D eigenvalue weighted by Gasteiger charge is 2.51. The van der Waals surface area contributed by atoms with Gasteiger partial charge in [-0.1, -0.05) is 146 Å². The molecule has 0 saturated carbocycles. The molecule has 63 heavy (non-hydrogen) atoms. The summed E-state index contributed by atoms with van der Waals surface area (Å²) in [6.07, 6.45) is 5.86. The third kappa shape index (κ3) is 5.93. The van der Waals surface area contributed by atoms with Gasteiger partial charge in [0.25, 0.3) is 0 Å². The fraction of sp³-hybridized carbons (Fsp3) is 0.0345. The van der Waals surface area contributed by atoms with E-state index in [9.17, 15) is 0 Å². The third-order valence-corrected chi connectivity index (χ3v) is 12.7. The first-order chi connectivity index (χ1) is 31.1. The highest BCUT2D eigenvalue weighted by molar-refractivity contribution is 5.93. The van der Waals surface area contributed by atoms with Crippen LogP contribution in [0.15, 0.2) is 213 Å². The number of para-hydroxylation sites is 1. The topological polar surface area (TPSA) is 60.8 Å². The van der Waals surface area contributed by atoms with Crippen LogP contribution in [-0.4, -0.2) is 19.9 Å². The van der Waals surface area contributed by atoms with Gasteiger partial charge in [-0.2, -0.15) is 0 Å². The molecule has 2 aliphatic rings. The number of pyridine rings is 2. The van der Waals surface area contributed by atoms with E-state index in [1.54, 1.807) is 0 Å².